The number of benzene rings is 4. The summed E-state index contributed by atoms with van der Waals surface area (Å²) in [5, 5.41) is 4.11. The summed E-state index contributed by atoms with van der Waals surface area (Å²) in [4.78, 5) is 16.6. The van der Waals surface area contributed by atoms with Crippen LogP contribution in [0.3, 0.4) is 0 Å². The number of para-hydroxylation sites is 1. The number of hydrogen-bond acceptors (Lipinski definition) is 5. The van der Waals surface area contributed by atoms with E-state index in [4.69, 9.17) is 11.6 Å². The highest BCUT2D eigenvalue weighted by Crippen LogP contribution is 2.48. The normalized spacial score (nSPS) is 11.5. The third kappa shape index (κ3) is 6.10. The number of amides is 1. The number of carbonyl (C=O) groups is 1. The first-order valence-corrected chi connectivity index (χ1v) is 16.5. The molecule has 0 atom stereocenters. The molecule has 0 aliphatic heterocycles. The van der Waals surface area contributed by atoms with Crippen molar-refractivity contribution in [3.05, 3.63) is 154 Å². The van der Waals surface area contributed by atoms with Crippen LogP contribution in [0.2, 0.25) is 4.34 Å². The van der Waals surface area contributed by atoms with Crippen molar-refractivity contribution in [2.75, 3.05) is 17.0 Å². The van der Waals surface area contributed by atoms with E-state index in [1.165, 1.54) is 40.0 Å². The van der Waals surface area contributed by atoms with Gasteiger partial charge in [0.1, 0.15) is 5.69 Å². The molecule has 1 amide bonds. The average molecular weight is 626 g/mol. The van der Waals surface area contributed by atoms with Gasteiger partial charge in [-0.25, -0.2) is 0 Å². The Bertz CT molecular complexity index is 1680. The number of thiophene rings is 1. The summed E-state index contributed by atoms with van der Waals surface area (Å²) in [5.41, 5.74) is 5.96. The van der Waals surface area contributed by atoms with Gasteiger partial charge >= 0.3 is 0 Å². The minimum atomic E-state index is -0.416. The molecule has 2 aromatic heterocycles. The van der Waals surface area contributed by atoms with E-state index in [0.717, 1.165) is 30.9 Å². The fraction of sp³-hybridized carbons (Fsp3) is 0.0882. The molecule has 0 spiro atoms. The predicted octanol–water partition coefficient (Wildman–Crippen LogP) is 9.46. The summed E-state index contributed by atoms with van der Waals surface area (Å²) >= 11 is 10.9. The first kappa shape index (κ1) is 28.5. The molecule has 6 rings (SSSR count). The van der Waals surface area contributed by atoms with Gasteiger partial charge in [0.05, 0.1) is 24.5 Å². The van der Waals surface area contributed by atoms with Crippen LogP contribution >= 0.6 is 46.6 Å². The SMILES string of the molecule is O=C(NCCSC(c1ccccc1)(c1ccccc1)c1ccccc1)c1cc2cccc(NSc3ccc(Cl)s3)c2[nH]1. The van der Waals surface area contributed by atoms with Gasteiger partial charge in [0.15, 0.2) is 0 Å². The smallest absolute Gasteiger partial charge is 0.267 e. The maximum atomic E-state index is 13.3. The van der Waals surface area contributed by atoms with Crippen molar-refractivity contribution in [1.29, 1.82) is 0 Å². The van der Waals surface area contributed by atoms with E-state index in [1.807, 2.05) is 66.4 Å². The van der Waals surface area contributed by atoms with Gasteiger partial charge in [0.25, 0.3) is 5.91 Å². The Balaban J connectivity index is 1.18. The molecule has 42 heavy (non-hydrogen) atoms. The van der Waals surface area contributed by atoms with Crippen LogP contribution in [-0.2, 0) is 4.75 Å². The zero-order valence-electron chi connectivity index (χ0n) is 22.5. The van der Waals surface area contributed by atoms with E-state index < -0.39 is 4.75 Å². The molecule has 0 aliphatic carbocycles. The summed E-state index contributed by atoms with van der Waals surface area (Å²) in [6.07, 6.45) is 0. The number of thioether (sulfide) groups is 1. The molecular weight excluding hydrogens is 598 g/mol. The summed E-state index contributed by atoms with van der Waals surface area (Å²) in [6, 6.07) is 43.6. The van der Waals surface area contributed by atoms with E-state index in [1.54, 1.807) is 0 Å². The lowest BCUT2D eigenvalue weighted by Gasteiger charge is -2.35. The molecule has 0 radical (unpaired) electrons. The van der Waals surface area contributed by atoms with Crippen molar-refractivity contribution < 1.29 is 4.79 Å². The first-order valence-electron chi connectivity index (χ1n) is 13.5. The number of fused-ring (bicyclic) bond motifs is 1. The molecule has 0 bridgehead atoms. The summed E-state index contributed by atoms with van der Waals surface area (Å²) in [5.74, 6) is 0.595. The highest BCUT2D eigenvalue weighted by atomic mass is 35.5. The number of aromatic nitrogens is 1. The van der Waals surface area contributed by atoms with Gasteiger partial charge in [-0.05, 0) is 52.9 Å². The quantitative estimate of drug-likeness (QED) is 0.0762. The lowest BCUT2D eigenvalue weighted by atomic mass is 9.84. The van der Waals surface area contributed by atoms with E-state index in [9.17, 15) is 4.79 Å². The molecular formula is C34H28ClN3OS3. The lowest BCUT2D eigenvalue weighted by Crippen LogP contribution is -2.30. The summed E-state index contributed by atoms with van der Waals surface area (Å²) in [7, 11) is 0. The lowest BCUT2D eigenvalue weighted by molar-refractivity contribution is 0.0952. The zero-order chi connectivity index (χ0) is 28.8. The topological polar surface area (TPSA) is 56.9 Å². The van der Waals surface area contributed by atoms with Crippen molar-refractivity contribution in [1.82, 2.24) is 10.3 Å². The Morgan fingerprint density at radius 2 is 1.40 bits per heavy atom. The van der Waals surface area contributed by atoms with E-state index in [0.29, 0.717) is 12.2 Å². The van der Waals surface area contributed by atoms with Crippen LogP contribution in [0.4, 0.5) is 5.69 Å². The molecule has 4 aromatic carbocycles. The standard InChI is InChI=1S/C34H28ClN3OS3/c35-30-19-20-31(41-30)42-38-28-18-10-11-24-23-29(37-32(24)28)33(39)36-21-22-40-34(25-12-4-1-5-13-25,26-14-6-2-7-15-26)27-16-8-3-9-17-27/h1-20,23,37-38H,21-22H2,(H,36,39). The van der Waals surface area contributed by atoms with Crippen LogP contribution in [0.15, 0.2) is 132 Å². The van der Waals surface area contributed by atoms with Crippen molar-refractivity contribution in [2.45, 2.75) is 8.96 Å². The molecule has 0 saturated heterocycles. The van der Waals surface area contributed by atoms with Crippen molar-refractivity contribution in [3.8, 4) is 0 Å². The fourth-order valence-electron chi connectivity index (χ4n) is 5.05. The largest absolute Gasteiger partial charge is 0.350 e. The Morgan fingerprint density at radius 3 is 1.98 bits per heavy atom. The third-order valence-corrected chi connectivity index (χ3v) is 10.7. The zero-order valence-corrected chi connectivity index (χ0v) is 25.8. The minimum Gasteiger partial charge on any atom is -0.350 e. The van der Waals surface area contributed by atoms with Crippen LogP contribution in [0.5, 0.6) is 0 Å². The monoisotopic (exact) mass is 625 g/mol. The Labute approximate surface area is 263 Å². The van der Waals surface area contributed by atoms with Gasteiger partial charge in [0, 0.05) is 17.7 Å². The number of halogens is 1. The van der Waals surface area contributed by atoms with E-state index in [2.05, 4.69) is 87.8 Å². The highest BCUT2D eigenvalue weighted by molar-refractivity contribution is 8.02. The molecule has 0 fully saturated rings. The number of nitrogens with one attached hydrogen (secondary N) is 3. The average Bonchev–Trinajstić information content (AvgIpc) is 3.68. The van der Waals surface area contributed by atoms with Crippen LogP contribution in [-0.4, -0.2) is 23.2 Å². The second-order valence-electron chi connectivity index (χ2n) is 9.60. The molecule has 3 N–H and O–H groups in total. The Morgan fingerprint density at radius 1 is 0.786 bits per heavy atom. The van der Waals surface area contributed by atoms with E-state index >= 15 is 0 Å². The number of aromatic amines is 1. The van der Waals surface area contributed by atoms with E-state index in [-0.39, 0.29) is 5.91 Å². The molecule has 2 heterocycles. The van der Waals surface area contributed by atoms with Crippen molar-refractivity contribution >= 4 is 69.1 Å². The van der Waals surface area contributed by atoms with Gasteiger partial charge in [-0.3, -0.25) is 4.79 Å². The third-order valence-electron chi connectivity index (χ3n) is 6.96. The minimum absolute atomic E-state index is 0.125. The van der Waals surface area contributed by atoms with Crippen LogP contribution in [0, 0.1) is 0 Å². The Hall–Kier alpha value is -3.62. The molecule has 8 heteroatoms. The van der Waals surface area contributed by atoms with Crippen LogP contribution < -0.4 is 10.0 Å². The molecule has 6 aromatic rings. The summed E-state index contributed by atoms with van der Waals surface area (Å²) in [6.45, 7) is 0.521. The van der Waals surface area contributed by atoms with Crippen LogP contribution in [0.1, 0.15) is 27.2 Å². The van der Waals surface area contributed by atoms with Gasteiger partial charge in [0.2, 0.25) is 0 Å². The van der Waals surface area contributed by atoms with Gasteiger partial charge in [-0.15, -0.1) is 23.1 Å². The molecule has 0 unspecified atom stereocenters. The summed E-state index contributed by atoms with van der Waals surface area (Å²) < 4.78 is 4.79. The maximum Gasteiger partial charge on any atom is 0.267 e. The first-order chi connectivity index (χ1) is 20.6. The Kier molecular flexibility index (Phi) is 8.91. The molecule has 4 nitrogen and oxygen atoms in total. The molecule has 210 valence electrons. The van der Waals surface area contributed by atoms with Gasteiger partial charge in [-0.1, -0.05) is 115 Å². The number of anilines is 1. The fourth-order valence-corrected chi connectivity index (χ4v) is 8.46. The highest BCUT2D eigenvalue weighted by Gasteiger charge is 2.36. The van der Waals surface area contributed by atoms with Gasteiger partial charge < -0.3 is 15.0 Å². The number of rotatable bonds is 11. The number of H-pyrrole nitrogens is 1. The number of hydrogen-bond donors (Lipinski definition) is 3. The van der Waals surface area contributed by atoms with Crippen molar-refractivity contribution in [3.63, 3.8) is 0 Å². The predicted molar refractivity (Wildman–Crippen MR) is 181 cm³/mol. The molecule has 0 aliphatic rings. The second-order valence-corrected chi connectivity index (χ2v) is 13.7. The maximum absolute atomic E-state index is 13.3. The number of carbonyl (C=O) groups excluding carboxylic acids is 1. The second kappa shape index (κ2) is 13.1. The van der Waals surface area contributed by atoms with Crippen LogP contribution in [0.25, 0.3) is 10.9 Å². The van der Waals surface area contributed by atoms with Gasteiger partial charge in [-0.2, -0.15) is 0 Å². The molecule has 0 saturated carbocycles. The van der Waals surface area contributed by atoms with Crippen molar-refractivity contribution in [2.24, 2.45) is 0 Å².